The van der Waals surface area contributed by atoms with Crippen LogP contribution in [0.3, 0.4) is 0 Å². The molecule has 0 saturated carbocycles. The monoisotopic (exact) mass is 437 g/mol. The summed E-state index contributed by atoms with van der Waals surface area (Å²) in [5.74, 6) is 1.29. The lowest BCUT2D eigenvalue weighted by Gasteiger charge is -2.23. The minimum atomic E-state index is -0.517. The highest BCUT2D eigenvalue weighted by molar-refractivity contribution is 6.14. The van der Waals surface area contributed by atoms with Gasteiger partial charge in [0, 0.05) is 37.6 Å². The van der Waals surface area contributed by atoms with Crippen LogP contribution in [0.4, 0.5) is 15.9 Å². The van der Waals surface area contributed by atoms with Gasteiger partial charge in [-0.2, -0.15) is 9.97 Å². The van der Waals surface area contributed by atoms with Crippen LogP contribution in [0.1, 0.15) is 12.2 Å². The van der Waals surface area contributed by atoms with Crippen molar-refractivity contribution < 1.29 is 9.13 Å². The molecule has 1 unspecified atom stereocenters. The SMILES string of the molecule is CNc1cc(F)cc2c1[nH]c1nc(Oc3cnc(C)nc3)nc(N3CCC(N)(CN)C3)c12. The molecule has 0 amide bonds. The first kappa shape index (κ1) is 20.3. The highest BCUT2D eigenvalue weighted by atomic mass is 19.1. The zero-order valence-electron chi connectivity index (χ0n) is 17.8. The summed E-state index contributed by atoms with van der Waals surface area (Å²) in [6, 6.07) is 3.03. The summed E-state index contributed by atoms with van der Waals surface area (Å²) in [7, 11) is 1.74. The molecule has 3 aromatic heterocycles. The molecule has 0 bridgehead atoms. The highest BCUT2D eigenvalue weighted by Gasteiger charge is 2.35. The molecule has 10 nitrogen and oxygen atoms in total. The van der Waals surface area contributed by atoms with Gasteiger partial charge in [0.1, 0.15) is 23.1 Å². The van der Waals surface area contributed by atoms with Crippen molar-refractivity contribution in [1.29, 1.82) is 0 Å². The second-order valence-corrected chi connectivity index (χ2v) is 8.11. The molecule has 32 heavy (non-hydrogen) atoms. The number of fused-ring (bicyclic) bond motifs is 3. The van der Waals surface area contributed by atoms with Crippen LogP contribution < -0.4 is 26.4 Å². The number of anilines is 2. The van der Waals surface area contributed by atoms with Gasteiger partial charge in [-0.15, -0.1) is 0 Å². The largest absolute Gasteiger partial charge is 0.421 e. The standard InChI is InChI=1S/C21H24FN9O/c1-11-26-7-13(8-27-11)32-20-29-18-16(14-5-12(22)6-15(25-2)17(14)28-18)19(30-20)31-4-3-21(24,9-23)10-31/h5-8,25H,3-4,9-10,23-24H2,1-2H3,(H,28,29,30). The van der Waals surface area contributed by atoms with Gasteiger partial charge >= 0.3 is 6.01 Å². The maximum Gasteiger partial charge on any atom is 0.326 e. The number of halogens is 1. The van der Waals surface area contributed by atoms with E-state index in [4.69, 9.17) is 16.2 Å². The average molecular weight is 437 g/mol. The quantitative estimate of drug-likeness (QED) is 0.369. The molecular weight excluding hydrogens is 413 g/mol. The molecule has 1 aliphatic rings. The molecule has 1 aromatic carbocycles. The lowest BCUT2D eigenvalue weighted by atomic mass is 10.0. The zero-order chi connectivity index (χ0) is 22.5. The van der Waals surface area contributed by atoms with Crippen LogP contribution in [-0.4, -0.2) is 57.1 Å². The van der Waals surface area contributed by atoms with Gasteiger partial charge in [-0.1, -0.05) is 0 Å². The Bertz CT molecular complexity index is 1310. The second kappa shape index (κ2) is 7.53. The number of nitrogens with two attached hydrogens (primary N) is 2. The Balaban J connectivity index is 1.70. The summed E-state index contributed by atoms with van der Waals surface area (Å²) < 4.78 is 20.2. The molecule has 1 aliphatic heterocycles. The van der Waals surface area contributed by atoms with Crippen molar-refractivity contribution in [3.05, 3.63) is 36.2 Å². The third-order valence-electron chi connectivity index (χ3n) is 5.81. The number of hydrogen-bond acceptors (Lipinski definition) is 9. The van der Waals surface area contributed by atoms with Crippen molar-refractivity contribution >= 4 is 33.4 Å². The smallest absolute Gasteiger partial charge is 0.326 e. The van der Waals surface area contributed by atoms with Crippen molar-refractivity contribution in [2.75, 3.05) is 36.9 Å². The molecule has 1 atom stereocenters. The third kappa shape index (κ3) is 3.45. The molecule has 1 saturated heterocycles. The van der Waals surface area contributed by atoms with Gasteiger partial charge in [0.2, 0.25) is 0 Å². The molecule has 0 radical (unpaired) electrons. The van der Waals surface area contributed by atoms with E-state index in [1.54, 1.807) is 26.4 Å². The van der Waals surface area contributed by atoms with Crippen molar-refractivity contribution in [3.63, 3.8) is 0 Å². The summed E-state index contributed by atoms with van der Waals surface area (Å²) in [6.07, 6.45) is 3.84. The Kier molecular flexibility index (Phi) is 4.79. The minimum absolute atomic E-state index is 0.125. The fraction of sp³-hybridized carbons (Fsp3) is 0.333. The van der Waals surface area contributed by atoms with Gasteiger partial charge in [0.05, 0.1) is 29.0 Å². The molecular formula is C21H24FN9O. The maximum absolute atomic E-state index is 14.4. The number of hydrogen-bond donors (Lipinski definition) is 4. The predicted molar refractivity (Wildman–Crippen MR) is 121 cm³/mol. The number of rotatable bonds is 5. The van der Waals surface area contributed by atoms with Crippen molar-refractivity contribution in [2.45, 2.75) is 18.9 Å². The van der Waals surface area contributed by atoms with E-state index in [-0.39, 0.29) is 11.8 Å². The predicted octanol–water partition coefficient (Wildman–Crippen LogP) is 2.05. The Morgan fingerprint density at radius 3 is 2.75 bits per heavy atom. The number of aryl methyl sites for hydroxylation is 1. The van der Waals surface area contributed by atoms with E-state index in [0.717, 1.165) is 11.9 Å². The highest BCUT2D eigenvalue weighted by Crippen LogP contribution is 2.38. The van der Waals surface area contributed by atoms with Gasteiger partial charge in [0.25, 0.3) is 0 Å². The normalized spacial score (nSPS) is 18.6. The van der Waals surface area contributed by atoms with Gasteiger partial charge in [0.15, 0.2) is 5.75 Å². The van der Waals surface area contributed by atoms with Gasteiger partial charge in [-0.05, 0) is 25.5 Å². The first-order valence-corrected chi connectivity index (χ1v) is 10.3. The fourth-order valence-electron chi connectivity index (χ4n) is 4.08. The first-order valence-electron chi connectivity index (χ1n) is 10.3. The molecule has 11 heteroatoms. The molecule has 4 aromatic rings. The third-order valence-corrected chi connectivity index (χ3v) is 5.81. The Hall–Kier alpha value is -3.57. The van der Waals surface area contributed by atoms with E-state index in [0.29, 0.717) is 59.1 Å². The number of nitrogens with zero attached hydrogens (tertiary/aromatic N) is 5. The Morgan fingerprint density at radius 2 is 2.06 bits per heavy atom. The van der Waals surface area contributed by atoms with Crippen LogP contribution in [0.5, 0.6) is 11.8 Å². The van der Waals surface area contributed by atoms with E-state index in [1.807, 2.05) is 4.90 Å². The van der Waals surface area contributed by atoms with E-state index < -0.39 is 5.54 Å². The van der Waals surface area contributed by atoms with E-state index >= 15 is 0 Å². The number of H-pyrrole nitrogens is 1. The fourth-order valence-corrected chi connectivity index (χ4v) is 4.08. The number of aromatic amines is 1. The summed E-state index contributed by atoms with van der Waals surface area (Å²) >= 11 is 0. The lowest BCUT2D eigenvalue weighted by molar-refractivity contribution is 0.439. The van der Waals surface area contributed by atoms with E-state index in [2.05, 4.69) is 30.2 Å². The van der Waals surface area contributed by atoms with Crippen LogP contribution in [0.15, 0.2) is 24.5 Å². The van der Waals surface area contributed by atoms with Crippen LogP contribution in [0.25, 0.3) is 21.9 Å². The Labute approximate surface area is 183 Å². The van der Waals surface area contributed by atoms with Crippen LogP contribution in [-0.2, 0) is 0 Å². The number of nitrogens with one attached hydrogen (secondary N) is 2. The summed E-state index contributed by atoms with van der Waals surface area (Å²) in [6.45, 7) is 3.32. The summed E-state index contributed by atoms with van der Waals surface area (Å²) in [5.41, 5.74) is 13.7. The topological polar surface area (TPSA) is 144 Å². The first-order chi connectivity index (χ1) is 15.4. The van der Waals surface area contributed by atoms with Gasteiger partial charge in [-0.3, -0.25) is 0 Å². The molecule has 5 rings (SSSR count). The number of benzene rings is 1. The van der Waals surface area contributed by atoms with E-state index in [1.165, 1.54) is 12.1 Å². The Morgan fingerprint density at radius 1 is 1.28 bits per heavy atom. The molecule has 1 fully saturated rings. The number of ether oxygens (including phenoxy) is 1. The summed E-state index contributed by atoms with van der Waals surface area (Å²) in [5, 5.41) is 4.40. The summed E-state index contributed by atoms with van der Waals surface area (Å²) in [4.78, 5) is 22.9. The minimum Gasteiger partial charge on any atom is -0.421 e. The van der Waals surface area contributed by atoms with Crippen molar-refractivity contribution in [1.82, 2.24) is 24.9 Å². The molecule has 6 N–H and O–H groups in total. The average Bonchev–Trinajstić information content (AvgIpc) is 3.35. The van der Waals surface area contributed by atoms with Gasteiger partial charge in [-0.25, -0.2) is 14.4 Å². The lowest BCUT2D eigenvalue weighted by Crippen LogP contribution is -2.49. The molecule has 0 spiro atoms. The van der Waals surface area contributed by atoms with E-state index in [9.17, 15) is 4.39 Å². The van der Waals surface area contributed by atoms with Crippen LogP contribution in [0.2, 0.25) is 0 Å². The molecule has 4 heterocycles. The van der Waals surface area contributed by atoms with Crippen LogP contribution >= 0.6 is 0 Å². The molecule has 166 valence electrons. The molecule has 0 aliphatic carbocycles. The van der Waals surface area contributed by atoms with Gasteiger partial charge < -0.3 is 31.4 Å². The zero-order valence-corrected chi connectivity index (χ0v) is 17.8. The van der Waals surface area contributed by atoms with Crippen molar-refractivity contribution in [3.8, 4) is 11.8 Å². The van der Waals surface area contributed by atoms with Crippen molar-refractivity contribution in [2.24, 2.45) is 11.5 Å². The van der Waals surface area contributed by atoms with Crippen LogP contribution in [0, 0.1) is 12.7 Å². The second-order valence-electron chi connectivity index (χ2n) is 8.11. The maximum atomic E-state index is 14.4. The number of aromatic nitrogens is 5.